The van der Waals surface area contributed by atoms with Gasteiger partial charge in [-0.05, 0) is 46.9 Å². The molecule has 0 radical (unpaired) electrons. The molecule has 0 saturated heterocycles. The second-order valence-corrected chi connectivity index (χ2v) is 9.75. The smallest absolute Gasteiger partial charge is 0.269 e. The van der Waals surface area contributed by atoms with Gasteiger partial charge in [-0.15, -0.1) is 0 Å². The molecule has 2 aromatic carbocycles. The van der Waals surface area contributed by atoms with Crippen LogP contribution in [0.2, 0.25) is 5.02 Å². The predicted octanol–water partition coefficient (Wildman–Crippen LogP) is 3.72. The molecule has 5 rings (SSSR count). The van der Waals surface area contributed by atoms with Crippen LogP contribution in [0.4, 0.5) is 0 Å². The van der Waals surface area contributed by atoms with E-state index in [1.165, 1.54) is 4.90 Å². The number of hydrogen-bond donors (Lipinski definition) is 1. The fourth-order valence-corrected chi connectivity index (χ4v) is 5.24. The number of fused-ring (bicyclic) bond motifs is 2. The molecule has 2 aliphatic heterocycles. The highest BCUT2D eigenvalue weighted by atomic mass is 35.5. The third-order valence-corrected chi connectivity index (χ3v) is 7.18. The van der Waals surface area contributed by atoms with Gasteiger partial charge in [-0.25, -0.2) is 0 Å². The second-order valence-electron chi connectivity index (χ2n) is 9.35. The Balaban J connectivity index is 1.39. The van der Waals surface area contributed by atoms with E-state index in [1.54, 1.807) is 25.1 Å². The number of hydrogen-bond acceptors (Lipinski definition) is 3. The van der Waals surface area contributed by atoms with Gasteiger partial charge in [-0.2, -0.15) is 0 Å². The van der Waals surface area contributed by atoms with Crippen molar-refractivity contribution in [2.75, 3.05) is 27.2 Å². The van der Waals surface area contributed by atoms with Gasteiger partial charge in [0, 0.05) is 51.1 Å². The van der Waals surface area contributed by atoms with Crippen LogP contribution in [0.5, 0.6) is 0 Å². The van der Waals surface area contributed by atoms with Crippen molar-refractivity contribution in [1.82, 2.24) is 19.7 Å². The Morgan fingerprint density at radius 3 is 2.63 bits per heavy atom. The van der Waals surface area contributed by atoms with E-state index in [4.69, 9.17) is 11.6 Å². The topological polar surface area (TPSA) is 76.7 Å². The summed E-state index contributed by atoms with van der Waals surface area (Å²) in [5.74, 6) is -0.163. The van der Waals surface area contributed by atoms with Crippen LogP contribution in [0, 0.1) is 0 Å². The normalized spacial score (nSPS) is 17.7. The maximum Gasteiger partial charge on any atom is 0.269 e. The molecule has 8 heteroatoms. The molecule has 3 amide bonds. The molecular formula is C27H27ClN4O3. The minimum absolute atomic E-state index is 0.0388. The minimum Gasteiger partial charge on any atom is -0.350 e. The zero-order valence-corrected chi connectivity index (χ0v) is 20.5. The number of amides is 3. The molecule has 0 saturated carbocycles. The monoisotopic (exact) mass is 490 g/mol. The first-order valence-corrected chi connectivity index (χ1v) is 12.0. The average Bonchev–Trinajstić information content (AvgIpc) is 3.32. The lowest BCUT2D eigenvalue weighted by Gasteiger charge is -2.37. The number of nitrogens with zero attached hydrogens (tertiary/aromatic N) is 3. The molecule has 0 fully saturated rings. The third-order valence-electron chi connectivity index (χ3n) is 6.86. The van der Waals surface area contributed by atoms with Gasteiger partial charge in [-0.1, -0.05) is 41.9 Å². The summed E-state index contributed by atoms with van der Waals surface area (Å²) in [4.78, 5) is 45.9. The summed E-state index contributed by atoms with van der Waals surface area (Å²) in [7, 11) is 3.41. The molecule has 1 aromatic heterocycles. The highest BCUT2D eigenvalue weighted by molar-refractivity contribution is 6.35. The lowest BCUT2D eigenvalue weighted by molar-refractivity contribution is -0.141. The number of rotatable bonds is 4. The Morgan fingerprint density at radius 2 is 1.89 bits per heavy atom. The number of aromatic amines is 1. The predicted molar refractivity (Wildman–Crippen MR) is 136 cm³/mol. The Hall–Kier alpha value is -3.58. The van der Waals surface area contributed by atoms with Gasteiger partial charge in [0.25, 0.3) is 5.91 Å². The van der Waals surface area contributed by atoms with Crippen molar-refractivity contribution >= 4 is 46.3 Å². The van der Waals surface area contributed by atoms with Gasteiger partial charge in [0.05, 0.1) is 5.02 Å². The van der Waals surface area contributed by atoms with E-state index < -0.39 is 6.04 Å². The van der Waals surface area contributed by atoms with Gasteiger partial charge in [0.15, 0.2) is 0 Å². The third kappa shape index (κ3) is 4.32. The van der Waals surface area contributed by atoms with E-state index >= 15 is 0 Å². The van der Waals surface area contributed by atoms with Crippen molar-refractivity contribution in [3.63, 3.8) is 0 Å². The molecule has 7 nitrogen and oxygen atoms in total. The van der Waals surface area contributed by atoms with Crippen molar-refractivity contribution in [3.8, 4) is 0 Å². The van der Waals surface area contributed by atoms with Crippen molar-refractivity contribution < 1.29 is 14.4 Å². The van der Waals surface area contributed by atoms with E-state index in [1.807, 2.05) is 41.3 Å². The molecule has 180 valence electrons. The first kappa shape index (κ1) is 23.2. The second kappa shape index (κ2) is 9.23. The van der Waals surface area contributed by atoms with Crippen LogP contribution in [0.3, 0.4) is 0 Å². The lowest BCUT2D eigenvalue weighted by Crippen LogP contribution is -2.52. The highest BCUT2D eigenvalue weighted by Gasteiger charge is 2.34. The lowest BCUT2D eigenvalue weighted by atomic mass is 9.93. The van der Waals surface area contributed by atoms with E-state index in [-0.39, 0.29) is 11.8 Å². The molecular weight excluding hydrogens is 464 g/mol. The summed E-state index contributed by atoms with van der Waals surface area (Å²) in [6.07, 6.45) is 4.15. The maximum absolute atomic E-state index is 13.6. The van der Waals surface area contributed by atoms with Crippen LogP contribution >= 0.6 is 11.6 Å². The Bertz CT molecular complexity index is 1360. The molecule has 0 spiro atoms. The quantitative estimate of drug-likeness (QED) is 0.566. The van der Waals surface area contributed by atoms with Gasteiger partial charge in [0.2, 0.25) is 12.3 Å². The number of carbonyl (C=O) groups excluding carboxylic acids is 3. The van der Waals surface area contributed by atoms with E-state index in [9.17, 15) is 14.4 Å². The van der Waals surface area contributed by atoms with E-state index in [2.05, 4.69) is 11.1 Å². The van der Waals surface area contributed by atoms with E-state index in [0.29, 0.717) is 36.8 Å². The largest absolute Gasteiger partial charge is 0.350 e. The van der Waals surface area contributed by atoms with Gasteiger partial charge in [-0.3, -0.25) is 14.4 Å². The Morgan fingerprint density at radius 1 is 1.11 bits per heavy atom. The van der Waals surface area contributed by atoms with Crippen molar-refractivity contribution in [2.45, 2.75) is 25.4 Å². The maximum atomic E-state index is 13.6. The van der Waals surface area contributed by atoms with Crippen molar-refractivity contribution in [1.29, 1.82) is 0 Å². The Labute approximate surface area is 208 Å². The van der Waals surface area contributed by atoms with Gasteiger partial charge >= 0.3 is 0 Å². The zero-order chi connectivity index (χ0) is 24.7. The molecule has 3 aromatic rings. The van der Waals surface area contributed by atoms with Crippen LogP contribution in [0.25, 0.3) is 16.5 Å². The number of nitrogens with one attached hydrogen (secondary N) is 1. The minimum atomic E-state index is -0.504. The summed E-state index contributed by atoms with van der Waals surface area (Å²) < 4.78 is 0. The fourth-order valence-electron chi connectivity index (χ4n) is 4.97. The molecule has 1 N–H and O–H groups in total. The number of carbonyl (C=O) groups is 3. The SMILES string of the molecule is CN(C)C(=O)c1cc2c(Cl)cc(C3=CCCN(C(=O)C4Cc5ccccc5CN4C=O)C3)cc2[nH]1. The number of H-pyrrole nitrogens is 1. The molecule has 35 heavy (non-hydrogen) atoms. The van der Waals surface area contributed by atoms with Gasteiger partial charge < -0.3 is 19.7 Å². The first-order chi connectivity index (χ1) is 16.9. The zero-order valence-electron chi connectivity index (χ0n) is 19.8. The number of aromatic nitrogens is 1. The molecule has 1 atom stereocenters. The number of benzene rings is 2. The number of halogens is 1. The summed E-state index contributed by atoms with van der Waals surface area (Å²) in [6.45, 7) is 1.49. The summed E-state index contributed by atoms with van der Waals surface area (Å²) in [5.41, 5.74) is 5.36. The molecule has 0 bridgehead atoms. The van der Waals surface area contributed by atoms with Crippen LogP contribution in [0.1, 0.15) is 33.6 Å². The molecule has 0 aliphatic carbocycles. The van der Waals surface area contributed by atoms with Crippen molar-refractivity contribution in [2.24, 2.45) is 0 Å². The summed E-state index contributed by atoms with van der Waals surface area (Å²) >= 11 is 6.59. The summed E-state index contributed by atoms with van der Waals surface area (Å²) in [6, 6.07) is 13.1. The molecule has 1 unspecified atom stereocenters. The van der Waals surface area contributed by atoms with Crippen LogP contribution < -0.4 is 0 Å². The first-order valence-electron chi connectivity index (χ1n) is 11.7. The Kier molecular flexibility index (Phi) is 6.11. The average molecular weight is 491 g/mol. The van der Waals surface area contributed by atoms with Crippen LogP contribution in [-0.4, -0.2) is 71.1 Å². The fraction of sp³-hybridized carbons (Fsp3) is 0.296. The molecule has 2 aliphatic rings. The van der Waals surface area contributed by atoms with Crippen LogP contribution in [-0.2, 0) is 22.6 Å². The summed E-state index contributed by atoms with van der Waals surface area (Å²) in [5, 5.41) is 1.33. The molecule has 3 heterocycles. The highest BCUT2D eigenvalue weighted by Crippen LogP contribution is 2.32. The van der Waals surface area contributed by atoms with Crippen molar-refractivity contribution in [3.05, 3.63) is 75.9 Å². The standard InChI is InChI=1S/C27H27ClN4O3/c1-30(2)26(34)24-13-21-22(28)10-20(11-23(21)29-24)19-8-5-9-31(14-19)27(35)25-12-17-6-3-4-7-18(17)15-32(25)16-33/h3-4,6-8,10-11,13,16,25,29H,5,9,12,14-15H2,1-2H3. The van der Waals surface area contributed by atoms with E-state index in [0.717, 1.165) is 46.0 Å². The van der Waals surface area contributed by atoms with Gasteiger partial charge in [0.1, 0.15) is 11.7 Å². The van der Waals surface area contributed by atoms with Crippen LogP contribution in [0.15, 0.2) is 48.5 Å².